The zero-order valence-corrected chi connectivity index (χ0v) is 17.4. The molecule has 28 heavy (non-hydrogen) atoms. The van der Waals surface area contributed by atoms with E-state index in [9.17, 15) is 9.59 Å². The lowest BCUT2D eigenvalue weighted by atomic mass is 9.88. The van der Waals surface area contributed by atoms with Crippen LogP contribution in [0.15, 0.2) is 18.2 Å². The van der Waals surface area contributed by atoms with Crippen molar-refractivity contribution in [3.05, 3.63) is 18.2 Å². The summed E-state index contributed by atoms with van der Waals surface area (Å²) in [6.45, 7) is 7.57. The Balaban J connectivity index is 2.51. The molecule has 0 bridgehead atoms. The molecule has 0 unspecified atom stereocenters. The molecule has 0 amide bonds. The zero-order valence-electron chi connectivity index (χ0n) is 17.4. The molecule has 2 N–H and O–H groups in total. The predicted octanol–water partition coefficient (Wildman–Crippen LogP) is 4.23. The maximum atomic E-state index is 11.1. The summed E-state index contributed by atoms with van der Waals surface area (Å²) in [6, 6.07) is 5.23. The Labute approximate surface area is 166 Å². The van der Waals surface area contributed by atoms with Gasteiger partial charge in [-0.3, -0.25) is 9.59 Å². The van der Waals surface area contributed by atoms with E-state index in [1.807, 2.05) is 0 Å². The topological polar surface area (TPSA) is 102 Å². The van der Waals surface area contributed by atoms with Gasteiger partial charge < -0.3 is 24.4 Å². The summed E-state index contributed by atoms with van der Waals surface area (Å²) in [5.74, 6) is 0.0703. The second kappa shape index (κ2) is 10.2. The van der Waals surface area contributed by atoms with E-state index in [0.29, 0.717) is 56.1 Å². The van der Waals surface area contributed by atoms with E-state index in [1.165, 1.54) is 7.11 Å². The van der Waals surface area contributed by atoms with E-state index in [2.05, 4.69) is 0 Å². The number of methoxy groups -OCH3 is 1. The smallest absolute Gasteiger partial charge is 0.309 e. The molecular weight excluding hydrogens is 364 g/mol. The zero-order chi connectivity index (χ0) is 21.4. The lowest BCUT2D eigenvalue weighted by Gasteiger charge is -2.19. The standard InChI is InChI=1S/C21H32O7/c1-20(2,18(22)23)10-6-12-27-15-8-9-16(17(14-15)26-5)28-13-7-11-21(3,4)19(24)25/h8-9,14H,6-7,10-13H2,1-5H3,(H,22,23)(H,24,25). The highest BCUT2D eigenvalue weighted by atomic mass is 16.5. The van der Waals surface area contributed by atoms with Gasteiger partial charge in [0.2, 0.25) is 0 Å². The van der Waals surface area contributed by atoms with Crippen LogP contribution in [0.1, 0.15) is 53.4 Å². The number of carboxylic acids is 2. The highest BCUT2D eigenvalue weighted by Gasteiger charge is 2.27. The summed E-state index contributed by atoms with van der Waals surface area (Å²) in [5.41, 5.74) is -1.55. The van der Waals surface area contributed by atoms with Crippen LogP contribution in [-0.4, -0.2) is 42.5 Å². The Morgan fingerprint density at radius 2 is 1.36 bits per heavy atom. The number of benzene rings is 1. The molecule has 0 atom stereocenters. The molecule has 0 spiro atoms. The third-order valence-corrected chi connectivity index (χ3v) is 4.71. The Bertz CT molecular complexity index is 665. The Hall–Kier alpha value is -2.44. The number of ether oxygens (including phenoxy) is 3. The SMILES string of the molecule is COc1cc(OCCCC(C)(C)C(=O)O)ccc1OCCCC(C)(C)C(=O)O. The average molecular weight is 396 g/mol. The molecule has 0 aliphatic heterocycles. The van der Waals surface area contributed by atoms with Crippen LogP contribution in [0.2, 0.25) is 0 Å². The lowest BCUT2D eigenvalue weighted by molar-refractivity contribution is -0.148. The Morgan fingerprint density at radius 3 is 1.82 bits per heavy atom. The highest BCUT2D eigenvalue weighted by molar-refractivity contribution is 5.73. The van der Waals surface area contributed by atoms with Gasteiger partial charge in [0.1, 0.15) is 5.75 Å². The van der Waals surface area contributed by atoms with Crippen LogP contribution >= 0.6 is 0 Å². The van der Waals surface area contributed by atoms with Gasteiger partial charge in [0.15, 0.2) is 11.5 Å². The maximum Gasteiger partial charge on any atom is 0.309 e. The van der Waals surface area contributed by atoms with Crippen LogP contribution in [0.25, 0.3) is 0 Å². The molecule has 0 aliphatic rings. The minimum absolute atomic E-state index is 0.386. The lowest BCUT2D eigenvalue weighted by Crippen LogP contribution is -2.24. The molecule has 1 aromatic rings. The van der Waals surface area contributed by atoms with Gasteiger partial charge in [0.25, 0.3) is 0 Å². The molecular formula is C21H32O7. The van der Waals surface area contributed by atoms with Crippen molar-refractivity contribution in [2.75, 3.05) is 20.3 Å². The average Bonchev–Trinajstić information content (AvgIpc) is 2.62. The van der Waals surface area contributed by atoms with Gasteiger partial charge in [-0.25, -0.2) is 0 Å². The number of rotatable bonds is 13. The maximum absolute atomic E-state index is 11.1. The van der Waals surface area contributed by atoms with Gasteiger partial charge in [-0.15, -0.1) is 0 Å². The van der Waals surface area contributed by atoms with Crippen molar-refractivity contribution in [3.8, 4) is 17.2 Å². The predicted molar refractivity (Wildman–Crippen MR) is 105 cm³/mol. The normalized spacial score (nSPS) is 11.8. The first-order chi connectivity index (χ1) is 13.0. The third-order valence-electron chi connectivity index (χ3n) is 4.71. The molecule has 0 heterocycles. The third kappa shape index (κ3) is 7.29. The van der Waals surface area contributed by atoms with Crippen LogP contribution < -0.4 is 14.2 Å². The largest absolute Gasteiger partial charge is 0.493 e. The minimum atomic E-state index is -0.821. The van der Waals surface area contributed by atoms with Gasteiger partial charge in [-0.05, 0) is 65.5 Å². The number of hydrogen-bond acceptors (Lipinski definition) is 5. The molecule has 7 heteroatoms. The first-order valence-electron chi connectivity index (χ1n) is 9.40. The molecule has 1 aromatic carbocycles. The molecule has 0 fully saturated rings. The van der Waals surface area contributed by atoms with Crippen molar-refractivity contribution in [1.29, 1.82) is 0 Å². The quantitative estimate of drug-likeness (QED) is 0.481. The molecule has 0 saturated carbocycles. The second-order valence-electron chi connectivity index (χ2n) is 8.09. The summed E-state index contributed by atoms with van der Waals surface area (Å²) in [5, 5.41) is 18.2. The molecule has 0 aliphatic carbocycles. The van der Waals surface area contributed by atoms with Crippen LogP contribution in [-0.2, 0) is 9.59 Å². The van der Waals surface area contributed by atoms with Gasteiger partial charge in [0.05, 0.1) is 31.2 Å². The van der Waals surface area contributed by atoms with Crippen molar-refractivity contribution in [2.45, 2.75) is 53.4 Å². The van der Waals surface area contributed by atoms with Gasteiger partial charge in [-0.1, -0.05) is 0 Å². The highest BCUT2D eigenvalue weighted by Crippen LogP contribution is 2.32. The first-order valence-corrected chi connectivity index (χ1v) is 9.40. The summed E-state index contributed by atoms with van der Waals surface area (Å²) < 4.78 is 16.7. The van der Waals surface area contributed by atoms with Crippen molar-refractivity contribution in [1.82, 2.24) is 0 Å². The molecule has 7 nitrogen and oxygen atoms in total. The Kier molecular flexibility index (Phi) is 8.60. The fourth-order valence-electron chi connectivity index (χ4n) is 2.47. The van der Waals surface area contributed by atoms with Crippen molar-refractivity contribution in [2.24, 2.45) is 10.8 Å². The molecule has 0 aromatic heterocycles. The first kappa shape index (κ1) is 23.6. The minimum Gasteiger partial charge on any atom is -0.493 e. The number of carboxylic acid groups (broad SMARTS) is 2. The van der Waals surface area contributed by atoms with E-state index >= 15 is 0 Å². The van der Waals surface area contributed by atoms with Gasteiger partial charge >= 0.3 is 11.9 Å². The van der Waals surface area contributed by atoms with E-state index < -0.39 is 22.8 Å². The van der Waals surface area contributed by atoms with Gasteiger partial charge in [-0.2, -0.15) is 0 Å². The number of aliphatic carboxylic acids is 2. The monoisotopic (exact) mass is 396 g/mol. The second-order valence-corrected chi connectivity index (χ2v) is 8.09. The van der Waals surface area contributed by atoms with Crippen molar-refractivity contribution in [3.63, 3.8) is 0 Å². The summed E-state index contributed by atoms with van der Waals surface area (Å²) >= 11 is 0. The van der Waals surface area contributed by atoms with E-state index in [0.717, 1.165) is 0 Å². The fourth-order valence-corrected chi connectivity index (χ4v) is 2.47. The van der Waals surface area contributed by atoms with Crippen molar-refractivity contribution >= 4 is 11.9 Å². The number of hydrogen-bond donors (Lipinski definition) is 2. The van der Waals surface area contributed by atoms with E-state index in [1.54, 1.807) is 45.9 Å². The van der Waals surface area contributed by atoms with Gasteiger partial charge in [0, 0.05) is 6.07 Å². The molecule has 0 saturated heterocycles. The molecule has 0 radical (unpaired) electrons. The van der Waals surface area contributed by atoms with Crippen LogP contribution in [0.4, 0.5) is 0 Å². The molecule has 1 rings (SSSR count). The summed E-state index contributed by atoms with van der Waals surface area (Å²) in [6.07, 6.45) is 2.27. The Morgan fingerprint density at radius 1 is 0.857 bits per heavy atom. The van der Waals surface area contributed by atoms with E-state index in [4.69, 9.17) is 24.4 Å². The van der Waals surface area contributed by atoms with Crippen LogP contribution in [0, 0.1) is 10.8 Å². The number of carbonyl (C=O) groups is 2. The molecule has 158 valence electrons. The van der Waals surface area contributed by atoms with Crippen molar-refractivity contribution < 1.29 is 34.0 Å². The van der Waals surface area contributed by atoms with Crippen LogP contribution in [0.5, 0.6) is 17.2 Å². The van der Waals surface area contributed by atoms with E-state index in [-0.39, 0.29) is 0 Å². The van der Waals surface area contributed by atoms with Crippen LogP contribution in [0.3, 0.4) is 0 Å². The summed E-state index contributed by atoms with van der Waals surface area (Å²) in [7, 11) is 1.54. The summed E-state index contributed by atoms with van der Waals surface area (Å²) in [4.78, 5) is 22.2. The fraction of sp³-hybridized carbons (Fsp3) is 0.619.